The first-order chi connectivity index (χ1) is 7.15. The molecule has 1 rings (SSSR count). The first kappa shape index (κ1) is 11.4. The molecule has 0 fully saturated rings. The summed E-state index contributed by atoms with van der Waals surface area (Å²) < 4.78 is 12.8. The van der Waals surface area contributed by atoms with Crippen LogP contribution in [0.2, 0.25) is 0 Å². The fourth-order valence-corrected chi connectivity index (χ4v) is 1.15. The van der Waals surface area contributed by atoms with Gasteiger partial charge in [-0.05, 0) is 30.2 Å². The number of rotatable bonds is 4. The number of halogens is 1. The van der Waals surface area contributed by atoms with Gasteiger partial charge in [-0.2, -0.15) is 0 Å². The maximum atomic E-state index is 12.8. The quantitative estimate of drug-likeness (QED) is 0.798. The van der Waals surface area contributed by atoms with Gasteiger partial charge in [0.1, 0.15) is 5.82 Å². The molecule has 0 unspecified atom stereocenters. The largest absolute Gasteiger partial charge is 0.478 e. The van der Waals surface area contributed by atoms with Gasteiger partial charge in [0.25, 0.3) is 0 Å². The van der Waals surface area contributed by atoms with Crippen LogP contribution in [0, 0.1) is 5.82 Å². The van der Waals surface area contributed by atoms with Crippen molar-refractivity contribution in [1.29, 1.82) is 0 Å². The number of carboxylic acid groups (broad SMARTS) is 1. The van der Waals surface area contributed by atoms with E-state index in [0.717, 1.165) is 12.1 Å². The number of benzene rings is 1. The van der Waals surface area contributed by atoms with Crippen LogP contribution >= 0.6 is 0 Å². The van der Waals surface area contributed by atoms with Crippen LogP contribution in [0.1, 0.15) is 22.3 Å². The summed E-state index contributed by atoms with van der Waals surface area (Å²) in [7, 11) is 0. The zero-order valence-electron chi connectivity index (χ0n) is 7.98. The highest BCUT2D eigenvalue weighted by molar-refractivity contribution is 5.92. The molecule has 1 aromatic carbocycles. The lowest BCUT2D eigenvalue weighted by Gasteiger charge is -2.00. The van der Waals surface area contributed by atoms with Crippen molar-refractivity contribution in [3.8, 4) is 0 Å². The fourth-order valence-electron chi connectivity index (χ4n) is 1.15. The number of aromatic carboxylic acids is 1. The molecule has 80 valence electrons. The molecule has 4 heteroatoms. The maximum absolute atomic E-state index is 12.8. The Kier molecular flexibility index (Phi) is 4.00. The molecule has 0 saturated heterocycles. The molecule has 1 aromatic rings. The van der Waals surface area contributed by atoms with Gasteiger partial charge in [0.05, 0.1) is 5.56 Å². The van der Waals surface area contributed by atoms with E-state index in [2.05, 4.69) is 0 Å². The van der Waals surface area contributed by atoms with Crippen LogP contribution in [0.25, 0.3) is 6.08 Å². The summed E-state index contributed by atoms with van der Waals surface area (Å²) in [4.78, 5) is 10.8. The molecule has 0 radical (unpaired) electrons. The van der Waals surface area contributed by atoms with E-state index in [1.54, 1.807) is 6.08 Å². The summed E-state index contributed by atoms with van der Waals surface area (Å²) in [6.45, 7) is -0.0196. The predicted molar refractivity (Wildman–Crippen MR) is 54.1 cm³/mol. The highest BCUT2D eigenvalue weighted by Crippen LogP contribution is 2.13. The van der Waals surface area contributed by atoms with Crippen molar-refractivity contribution in [1.82, 2.24) is 0 Å². The van der Waals surface area contributed by atoms with Crippen molar-refractivity contribution in [2.45, 2.75) is 6.42 Å². The van der Waals surface area contributed by atoms with Crippen LogP contribution < -0.4 is 0 Å². The first-order valence-corrected chi connectivity index (χ1v) is 4.45. The number of carboxylic acids is 1. The van der Waals surface area contributed by atoms with E-state index < -0.39 is 11.8 Å². The Balaban J connectivity index is 3.02. The molecule has 15 heavy (non-hydrogen) atoms. The van der Waals surface area contributed by atoms with Gasteiger partial charge in [0.2, 0.25) is 0 Å². The Hall–Kier alpha value is -1.68. The number of aliphatic hydroxyl groups is 1. The van der Waals surface area contributed by atoms with Crippen molar-refractivity contribution < 1.29 is 19.4 Å². The summed E-state index contributed by atoms with van der Waals surface area (Å²) in [6.07, 6.45) is 3.50. The molecule has 0 atom stereocenters. The van der Waals surface area contributed by atoms with E-state index in [1.165, 1.54) is 12.1 Å². The standard InChI is InChI=1S/C11H11FO3/c12-9-4-5-10(11(14)15)8(7-9)3-1-2-6-13/h1,3-5,7,13H,2,6H2,(H,14,15). The minimum Gasteiger partial charge on any atom is -0.478 e. The van der Waals surface area contributed by atoms with Gasteiger partial charge in [-0.1, -0.05) is 12.2 Å². The van der Waals surface area contributed by atoms with Gasteiger partial charge in [0, 0.05) is 6.61 Å². The fraction of sp³-hybridized carbons (Fsp3) is 0.182. The average Bonchev–Trinajstić information content (AvgIpc) is 2.18. The lowest BCUT2D eigenvalue weighted by atomic mass is 10.1. The molecule has 3 nitrogen and oxygen atoms in total. The first-order valence-electron chi connectivity index (χ1n) is 4.45. The summed E-state index contributed by atoms with van der Waals surface area (Å²) in [6, 6.07) is 3.47. The van der Waals surface area contributed by atoms with E-state index in [-0.39, 0.29) is 12.2 Å². The van der Waals surface area contributed by atoms with Gasteiger partial charge >= 0.3 is 5.97 Å². The third kappa shape index (κ3) is 3.18. The molecule has 0 aromatic heterocycles. The molecular formula is C11H11FO3. The zero-order valence-corrected chi connectivity index (χ0v) is 7.98. The van der Waals surface area contributed by atoms with Crippen molar-refractivity contribution >= 4 is 12.0 Å². The Morgan fingerprint density at radius 3 is 2.80 bits per heavy atom. The normalized spacial score (nSPS) is 10.8. The number of carbonyl (C=O) groups is 1. The third-order valence-electron chi connectivity index (χ3n) is 1.84. The van der Waals surface area contributed by atoms with Crippen molar-refractivity contribution in [3.63, 3.8) is 0 Å². The molecule has 0 heterocycles. The Labute approximate surface area is 86.5 Å². The second-order valence-corrected chi connectivity index (χ2v) is 2.95. The highest BCUT2D eigenvalue weighted by Gasteiger charge is 2.08. The zero-order chi connectivity index (χ0) is 11.3. The molecule has 0 bridgehead atoms. The second-order valence-electron chi connectivity index (χ2n) is 2.95. The minimum absolute atomic E-state index is 0.0196. The smallest absolute Gasteiger partial charge is 0.336 e. The van der Waals surface area contributed by atoms with E-state index in [1.807, 2.05) is 0 Å². The molecular weight excluding hydrogens is 199 g/mol. The summed E-state index contributed by atoms with van der Waals surface area (Å²) in [5.41, 5.74) is 0.349. The van der Waals surface area contributed by atoms with Crippen molar-refractivity contribution in [2.75, 3.05) is 6.61 Å². The van der Waals surface area contributed by atoms with E-state index in [4.69, 9.17) is 10.2 Å². The Morgan fingerprint density at radius 1 is 1.47 bits per heavy atom. The molecule has 0 saturated carbocycles. The molecule has 2 N–H and O–H groups in total. The molecule has 0 aliphatic rings. The van der Waals surface area contributed by atoms with E-state index in [9.17, 15) is 9.18 Å². The predicted octanol–water partition coefficient (Wildman–Crippen LogP) is 1.92. The lowest BCUT2D eigenvalue weighted by molar-refractivity contribution is 0.0696. The van der Waals surface area contributed by atoms with Crippen LogP contribution in [0.4, 0.5) is 4.39 Å². The van der Waals surface area contributed by atoms with Gasteiger partial charge in [-0.15, -0.1) is 0 Å². The summed E-state index contributed by atoms with van der Waals surface area (Å²) >= 11 is 0. The molecule has 0 spiro atoms. The lowest BCUT2D eigenvalue weighted by Crippen LogP contribution is -1.99. The van der Waals surface area contributed by atoms with Gasteiger partial charge in [0.15, 0.2) is 0 Å². The third-order valence-corrected chi connectivity index (χ3v) is 1.84. The molecule has 0 aliphatic heterocycles. The van der Waals surface area contributed by atoms with E-state index >= 15 is 0 Å². The minimum atomic E-state index is -1.10. The summed E-state index contributed by atoms with van der Waals surface area (Å²) in [5, 5.41) is 17.3. The maximum Gasteiger partial charge on any atom is 0.336 e. The SMILES string of the molecule is O=C(O)c1ccc(F)cc1C=CCCO. The van der Waals surface area contributed by atoms with E-state index in [0.29, 0.717) is 12.0 Å². The number of hydrogen-bond acceptors (Lipinski definition) is 2. The van der Waals surface area contributed by atoms with Crippen LogP contribution in [0.3, 0.4) is 0 Å². The van der Waals surface area contributed by atoms with Gasteiger partial charge in [-0.25, -0.2) is 9.18 Å². The number of hydrogen-bond donors (Lipinski definition) is 2. The monoisotopic (exact) mass is 210 g/mol. The van der Waals surface area contributed by atoms with Crippen LogP contribution in [0.15, 0.2) is 24.3 Å². The number of aliphatic hydroxyl groups excluding tert-OH is 1. The van der Waals surface area contributed by atoms with Crippen molar-refractivity contribution in [3.05, 3.63) is 41.2 Å². The Bertz CT molecular complexity index is 385. The molecule has 0 amide bonds. The van der Waals surface area contributed by atoms with Gasteiger partial charge in [-0.3, -0.25) is 0 Å². The van der Waals surface area contributed by atoms with Crippen LogP contribution in [-0.4, -0.2) is 22.8 Å². The van der Waals surface area contributed by atoms with Gasteiger partial charge < -0.3 is 10.2 Å². The summed E-state index contributed by atoms with van der Waals surface area (Å²) in [5.74, 6) is -1.58. The van der Waals surface area contributed by atoms with Crippen LogP contribution in [0.5, 0.6) is 0 Å². The van der Waals surface area contributed by atoms with Crippen molar-refractivity contribution in [2.24, 2.45) is 0 Å². The second kappa shape index (κ2) is 5.26. The van der Waals surface area contributed by atoms with Crippen LogP contribution in [-0.2, 0) is 0 Å². The average molecular weight is 210 g/mol. The Morgan fingerprint density at radius 2 is 2.20 bits per heavy atom. The molecule has 0 aliphatic carbocycles. The highest BCUT2D eigenvalue weighted by atomic mass is 19.1. The topological polar surface area (TPSA) is 57.5 Å².